The maximum atomic E-state index is 12.8. The average Bonchev–Trinajstić information content (AvgIpc) is 2.27. The number of rotatable bonds is 3. The van der Waals surface area contributed by atoms with Gasteiger partial charge in [0.15, 0.2) is 5.78 Å². The van der Waals surface area contributed by atoms with Gasteiger partial charge in [0.25, 0.3) is 0 Å². The third-order valence-corrected chi connectivity index (χ3v) is 4.21. The smallest absolute Gasteiger partial charge is 0.298 e. The lowest BCUT2D eigenvalue weighted by Gasteiger charge is -2.21. The van der Waals surface area contributed by atoms with Crippen LogP contribution in [0.25, 0.3) is 0 Å². The highest BCUT2D eigenvalue weighted by molar-refractivity contribution is 9.10. The van der Waals surface area contributed by atoms with Crippen LogP contribution in [0.5, 0.6) is 0 Å². The second-order valence-corrected chi connectivity index (χ2v) is 7.56. The van der Waals surface area contributed by atoms with Crippen LogP contribution in [0.3, 0.4) is 0 Å². The standard InChI is InChI=1S/C14H15Br2F3O/c1-13(2,3)12(20)11(16)7-8-4-5-10(15)9(6-8)14(17,18)19/h4-6,11H,7H2,1-3H3. The predicted octanol–water partition coefficient (Wildman–Crippen LogP) is 5.39. The molecular formula is C14H15Br2F3O. The van der Waals surface area contributed by atoms with Crippen LogP contribution in [-0.2, 0) is 17.4 Å². The highest BCUT2D eigenvalue weighted by Crippen LogP contribution is 2.36. The van der Waals surface area contributed by atoms with Gasteiger partial charge in [0.1, 0.15) is 0 Å². The molecule has 0 saturated heterocycles. The first-order valence-corrected chi connectivity index (χ1v) is 7.68. The van der Waals surface area contributed by atoms with E-state index in [1.54, 1.807) is 26.8 Å². The van der Waals surface area contributed by atoms with E-state index in [1.165, 1.54) is 6.07 Å². The third kappa shape index (κ3) is 4.58. The SMILES string of the molecule is CC(C)(C)C(=O)C(Br)Cc1ccc(Br)c(C(F)(F)F)c1. The summed E-state index contributed by atoms with van der Waals surface area (Å²) >= 11 is 6.16. The summed E-state index contributed by atoms with van der Waals surface area (Å²) in [5.74, 6) is -0.0334. The van der Waals surface area contributed by atoms with Crippen LogP contribution in [0.2, 0.25) is 0 Å². The molecule has 0 aliphatic carbocycles. The van der Waals surface area contributed by atoms with E-state index in [1.807, 2.05) is 0 Å². The molecule has 1 atom stereocenters. The van der Waals surface area contributed by atoms with Gasteiger partial charge in [-0.2, -0.15) is 13.2 Å². The molecule has 1 rings (SSSR count). The lowest BCUT2D eigenvalue weighted by atomic mass is 9.87. The van der Waals surface area contributed by atoms with Crippen molar-refractivity contribution in [1.82, 2.24) is 0 Å². The molecule has 0 radical (unpaired) electrons. The lowest BCUT2D eigenvalue weighted by molar-refractivity contribution is -0.138. The summed E-state index contributed by atoms with van der Waals surface area (Å²) in [6, 6.07) is 4.03. The van der Waals surface area contributed by atoms with Crippen molar-refractivity contribution in [1.29, 1.82) is 0 Å². The normalized spacial score (nSPS) is 14.2. The van der Waals surface area contributed by atoms with Gasteiger partial charge in [-0.15, -0.1) is 0 Å². The zero-order chi connectivity index (χ0) is 15.7. The number of halogens is 5. The minimum Gasteiger partial charge on any atom is -0.298 e. The highest BCUT2D eigenvalue weighted by Gasteiger charge is 2.34. The number of Topliss-reactive ketones (excluding diaryl/α,β-unsaturated/α-hetero) is 1. The van der Waals surface area contributed by atoms with E-state index in [0.717, 1.165) is 6.07 Å². The van der Waals surface area contributed by atoms with E-state index in [9.17, 15) is 18.0 Å². The predicted molar refractivity (Wildman–Crippen MR) is 80.0 cm³/mol. The van der Waals surface area contributed by atoms with Gasteiger partial charge in [-0.25, -0.2) is 0 Å². The van der Waals surface area contributed by atoms with Crippen LogP contribution >= 0.6 is 31.9 Å². The van der Waals surface area contributed by atoms with Crippen LogP contribution in [0.15, 0.2) is 22.7 Å². The Balaban J connectivity index is 2.98. The Morgan fingerprint density at radius 3 is 2.25 bits per heavy atom. The molecule has 0 bridgehead atoms. The monoisotopic (exact) mass is 414 g/mol. The molecule has 1 unspecified atom stereocenters. The van der Waals surface area contributed by atoms with Crippen LogP contribution in [0.1, 0.15) is 31.9 Å². The molecule has 0 N–H and O–H groups in total. The van der Waals surface area contributed by atoms with Crippen molar-refractivity contribution < 1.29 is 18.0 Å². The van der Waals surface area contributed by atoms with E-state index in [0.29, 0.717) is 5.56 Å². The summed E-state index contributed by atoms with van der Waals surface area (Å²) in [6.07, 6.45) is -4.18. The van der Waals surface area contributed by atoms with Crippen LogP contribution in [-0.4, -0.2) is 10.6 Å². The minimum atomic E-state index is -4.41. The molecule has 0 aromatic heterocycles. The Hall–Kier alpha value is -0.360. The average molecular weight is 416 g/mol. The summed E-state index contributed by atoms with van der Waals surface area (Å²) in [6.45, 7) is 5.35. The van der Waals surface area contributed by atoms with Gasteiger partial charge in [-0.3, -0.25) is 4.79 Å². The molecule has 0 aliphatic heterocycles. The van der Waals surface area contributed by atoms with Crippen LogP contribution in [0, 0.1) is 5.41 Å². The molecule has 6 heteroatoms. The number of ketones is 1. The molecular weight excluding hydrogens is 401 g/mol. The van der Waals surface area contributed by atoms with Crippen molar-refractivity contribution in [3.05, 3.63) is 33.8 Å². The maximum absolute atomic E-state index is 12.8. The Kier molecular flexibility index (Phi) is 5.46. The molecule has 0 amide bonds. The van der Waals surface area contributed by atoms with Crippen molar-refractivity contribution >= 4 is 37.6 Å². The highest BCUT2D eigenvalue weighted by atomic mass is 79.9. The Bertz CT molecular complexity index is 504. The molecule has 0 heterocycles. The largest absolute Gasteiger partial charge is 0.417 e. The van der Waals surface area contributed by atoms with Gasteiger partial charge in [0, 0.05) is 9.89 Å². The Labute approximate surface area is 133 Å². The molecule has 1 nitrogen and oxygen atoms in total. The number of benzene rings is 1. The first-order valence-electron chi connectivity index (χ1n) is 5.97. The van der Waals surface area contributed by atoms with Gasteiger partial charge < -0.3 is 0 Å². The van der Waals surface area contributed by atoms with Crippen molar-refractivity contribution in [3.63, 3.8) is 0 Å². The first-order chi connectivity index (χ1) is 8.93. The zero-order valence-corrected chi connectivity index (χ0v) is 14.5. The second kappa shape index (κ2) is 6.18. The maximum Gasteiger partial charge on any atom is 0.417 e. The number of hydrogen-bond donors (Lipinski definition) is 0. The van der Waals surface area contributed by atoms with Crippen molar-refractivity contribution in [2.24, 2.45) is 5.41 Å². The summed E-state index contributed by atoms with van der Waals surface area (Å²) in [5, 5.41) is 0. The number of alkyl halides is 4. The number of carbonyl (C=O) groups is 1. The van der Waals surface area contributed by atoms with E-state index >= 15 is 0 Å². The van der Waals surface area contributed by atoms with Crippen molar-refractivity contribution in [3.8, 4) is 0 Å². The molecule has 20 heavy (non-hydrogen) atoms. The molecule has 0 fully saturated rings. The summed E-state index contributed by atoms with van der Waals surface area (Å²) in [5.41, 5.74) is -0.783. The number of carbonyl (C=O) groups excluding carboxylic acids is 1. The first kappa shape index (κ1) is 17.7. The van der Waals surface area contributed by atoms with E-state index in [2.05, 4.69) is 31.9 Å². The van der Waals surface area contributed by atoms with Gasteiger partial charge in [0.05, 0.1) is 10.4 Å². The van der Waals surface area contributed by atoms with Gasteiger partial charge in [-0.1, -0.05) is 58.7 Å². The van der Waals surface area contributed by atoms with Gasteiger partial charge >= 0.3 is 6.18 Å². The van der Waals surface area contributed by atoms with Gasteiger partial charge in [0.2, 0.25) is 0 Å². The molecule has 0 aliphatic rings. The summed E-state index contributed by atoms with van der Waals surface area (Å²) < 4.78 is 38.4. The minimum absolute atomic E-state index is 0.00187. The third-order valence-electron chi connectivity index (χ3n) is 2.77. The fourth-order valence-electron chi connectivity index (χ4n) is 1.69. The quantitative estimate of drug-likeness (QED) is 0.605. The summed E-state index contributed by atoms with van der Waals surface area (Å²) in [7, 11) is 0. The molecule has 112 valence electrons. The molecule has 1 aromatic carbocycles. The lowest BCUT2D eigenvalue weighted by Crippen LogP contribution is -2.30. The molecule has 0 spiro atoms. The van der Waals surface area contributed by atoms with E-state index in [4.69, 9.17) is 0 Å². The molecule has 0 saturated carbocycles. The zero-order valence-electron chi connectivity index (χ0n) is 11.3. The van der Waals surface area contributed by atoms with Gasteiger partial charge in [-0.05, 0) is 24.1 Å². The molecule has 1 aromatic rings. The fourth-order valence-corrected chi connectivity index (χ4v) is 3.22. The Morgan fingerprint density at radius 2 is 1.80 bits per heavy atom. The van der Waals surface area contributed by atoms with Crippen LogP contribution < -0.4 is 0 Å². The number of hydrogen-bond acceptors (Lipinski definition) is 1. The van der Waals surface area contributed by atoms with E-state index in [-0.39, 0.29) is 16.7 Å². The topological polar surface area (TPSA) is 17.1 Å². The van der Waals surface area contributed by atoms with Crippen molar-refractivity contribution in [2.45, 2.75) is 38.2 Å². The summed E-state index contributed by atoms with van der Waals surface area (Å²) in [4.78, 5) is 11.5. The second-order valence-electron chi connectivity index (χ2n) is 5.60. The Morgan fingerprint density at radius 1 is 1.25 bits per heavy atom. The van der Waals surface area contributed by atoms with E-state index < -0.39 is 22.0 Å². The van der Waals surface area contributed by atoms with Crippen LogP contribution in [0.4, 0.5) is 13.2 Å². The fraction of sp³-hybridized carbons (Fsp3) is 0.500. The van der Waals surface area contributed by atoms with Crippen molar-refractivity contribution in [2.75, 3.05) is 0 Å².